The van der Waals surface area contributed by atoms with Gasteiger partial charge >= 0.3 is 5.97 Å². The van der Waals surface area contributed by atoms with Crippen molar-refractivity contribution in [1.82, 2.24) is 0 Å². The third-order valence-corrected chi connectivity index (χ3v) is 3.10. The van der Waals surface area contributed by atoms with Crippen molar-refractivity contribution in [2.75, 3.05) is 13.2 Å². The van der Waals surface area contributed by atoms with Gasteiger partial charge in [0.15, 0.2) is 5.78 Å². The molecule has 0 saturated heterocycles. The molecule has 0 heterocycles. The Hall–Kier alpha value is -1.63. The third kappa shape index (κ3) is 6.57. The molecular weight excluding hydrogens is 383 g/mol. The quantitative estimate of drug-likeness (QED) is 0.176. The van der Waals surface area contributed by atoms with Crippen LogP contribution in [-0.2, 0) is 14.3 Å². The number of ether oxygens (including phenoxy) is 2. The molecule has 1 rings (SSSR count). The molecule has 0 saturated carbocycles. The molecule has 1 aromatic rings. The van der Waals surface area contributed by atoms with Gasteiger partial charge in [-0.05, 0) is 60.7 Å². The van der Waals surface area contributed by atoms with E-state index < -0.39 is 5.97 Å². The lowest BCUT2D eigenvalue weighted by molar-refractivity contribution is -0.137. The smallest absolute Gasteiger partial charge is 0.334 e. The highest BCUT2D eigenvalue weighted by atomic mass is 127. The summed E-state index contributed by atoms with van der Waals surface area (Å²) in [6.45, 7) is 4.21. The number of hydrogen-bond donors (Lipinski definition) is 0. The van der Waals surface area contributed by atoms with Crippen LogP contribution < -0.4 is 0 Å². The zero-order valence-electron chi connectivity index (χ0n) is 12.0. The molecule has 0 aliphatic rings. The molecule has 112 valence electrons. The van der Waals surface area contributed by atoms with E-state index >= 15 is 0 Å². The normalized spacial score (nSPS) is 11.5. The number of esters is 1. The number of ketones is 1. The predicted molar refractivity (Wildman–Crippen MR) is 89.0 cm³/mol. The monoisotopic (exact) mass is 400 g/mol. The number of halogens is 1. The minimum absolute atomic E-state index is 0.152. The Morgan fingerprint density at radius 2 is 1.67 bits per heavy atom. The molecular formula is C16H17IO4. The minimum atomic E-state index is -0.493. The highest BCUT2D eigenvalue weighted by Crippen LogP contribution is 2.09. The van der Waals surface area contributed by atoms with E-state index in [0.717, 1.165) is 3.57 Å². The molecule has 0 fully saturated rings. The van der Waals surface area contributed by atoms with Crippen molar-refractivity contribution >= 4 is 34.3 Å². The zero-order chi connectivity index (χ0) is 15.7. The maximum absolute atomic E-state index is 12.0. The van der Waals surface area contributed by atoms with Crippen LogP contribution in [-0.4, -0.2) is 25.0 Å². The Morgan fingerprint density at radius 1 is 1.05 bits per heavy atom. The van der Waals surface area contributed by atoms with Crippen LogP contribution in [0.2, 0.25) is 0 Å². The van der Waals surface area contributed by atoms with Crippen LogP contribution >= 0.6 is 22.6 Å². The number of rotatable bonds is 7. The summed E-state index contributed by atoms with van der Waals surface area (Å²) in [5.74, 6) is -0.344. The zero-order valence-corrected chi connectivity index (χ0v) is 14.1. The van der Waals surface area contributed by atoms with Gasteiger partial charge in [0.05, 0.1) is 19.3 Å². The van der Waals surface area contributed by atoms with E-state index in [1.807, 2.05) is 12.1 Å². The molecule has 0 N–H and O–H groups in total. The molecule has 0 unspecified atom stereocenters. The number of carbonyl (C=O) groups is 2. The van der Waals surface area contributed by atoms with E-state index in [1.54, 1.807) is 26.0 Å². The molecule has 0 aliphatic carbocycles. The van der Waals surface area contributed by atoms with Crippen LogP contribution in [0.1, 0.15) is 24.2 Å². The summed E-state index contributed by atoms with van der Waals surface area (Å²) in [4.78, 5) is 23.4. The van der Waals surface area contributed by atoms with Gasteiger partial charge in [-0.1, -0.05) is 12.1 Å². The van der Waals surface area contributed by atoms with Gasteiger partial charge in [0.25, 0.3) is 0 Å². The molecule has 0 radical (unpaired) electrons. The highest BCUT2D eigenvalue weighted by Gasteiger charge is 2.04. The summed E-state index contributed by atoms with van der Waals surface area (Å²) >= 11 is 2.17. The summed E-state index contributed by atoms with van der Waals surface area (Å²) in [5.41, 5.74) is 0.582. The first-order chi connectivity index (χ1) is 10.1. The second-order valence-corrected chi connectivity index (χ2v) is 5.18. The van der Waals surface area contributed by atoms with Crippen LogP contribution in [0.15, 0.2) is 48.3 Å². The van der Waals surface area contributed by atoms with Gasteiger partial charge in [-0.3, -0.25) is 4.79 Å². The lowest BCUT2D eigenvalue weighted by Gasteiger charge is -2.04. The molecule has 0 spiro atoms. The second-order valence-electron chi connectivity index (χ2n) is 3.94. The van der Waals surface area contributed by atoms with Gasteiger partial charge in [-0.15, -0.1) is 0 Å². The van der Waals surface area contributed by atoms with Crippen molar-refractivity contribution < 1.29 is 19.1 Å². The summed E-state index contributed by atoms with van der Waals surface area (Å²) in [6.07, 6.45) is 4.08. The lowest BCUT2D eigenvalue weighted by Crippen LogP contribution is -2.02. The molecule has 4 nitrogen and oxygen atoms in total. The first-order valence-corrected chi connectivity index (χ1v) is 7.64. The SMILES string of the molecule is CCOC(=O)/C=C(\C=C\C(=O)c1ccc(I)cc1)OCC. The predicted octanol–water partition coefficient (Wildman–Crippen LogP) is 3.51. The molecule has 0 aromatic heterocycles. The van der Waals surface area contributed by atoms with Gasteiger partial charge in [0.1, 0.15) is 5.76 Å². The molecule has 0 amide bonds. The van der Waals surface area contributed by atoms with Crippen molar-refractivity contribution in [3.8, 4) is 0 Å². The molecule has 0 aliphatic heterocycles. The Kier molecular flexibility index (Phi) is 7.74. The molecule has 1 aromatic carbocycles. The lowest BCUT2D eigenvalue weighted by atomic mass is 10.1. The van der Waals surface area contributed by atoms with Gasteiger partial charge in [0, 0.05) is 9.13 Å². The fourth-order valence-electron chi connectivity index (χ4n) is 1.47. The number of carbonyl (C=O) groups excluding carboxylic acids is 2. The van der Waals surface area contributed by atoms with E-state index in [0.29, 0.717) is 24.5 Å². The summed E-state index contributed by atoms with van der Waals surface area (Å²) in [5, 5.41) is 0. The number of benzene rings is 1. The van der Waals surface area contributed by atoms with Crippen LogP contribution in [0.4, 0.5) is 0 Å². The summed E-state index contributed by atoms with van der Waals surface area (Å²) < 4.78 is 11.2. The second kappa shape index (κ2) is 9.33. The van der Waals surface area contributed by atoms with Crippen LogP contribution in [0.5, 0.6) is 0 Å². The van der Waals surface area contributed by atoms with Crippen LogP contribution in [0, 0.1) is 3.57 Å². The third-order valence-electron chi connectivity index (χ3n) is 2.39. The molecule has 5 heteroatoms. The van der Waals surface area contributed by atoms with Crippen LogP contribution in [0.25, 0.3) is 0 Å². The summed E-state index contributed by atoms with van der Waals surface area (Å²) in [7, 11) is 0. The Labute approximate surface area is 138 Å². The van der Waals surface area contributed by atoms with Crippen molar-refractivity contribution in [1.29, 1.82) is 0 Å². The van der Waals surface area contributed by atoms with Gasteiger partial charge in [-0.2, -0.15) is 0 Å². The number of allylic oxidation sites excluding steroid dienone is 2. The van der Waals surface area contributed by atoms with Crippen molar-refractivity contribution in [2.24, 2.45) is 0 Å². The maximum atomic E-state index is 12.0. The van der Waals surface area contributed by atoms with E-state index in [1.165, 1.54) is 18.2 Å². The largest absolute Gasteiger partial charge is 0.494 e. The Morgan fingerprint density at radius 3 is 2.24 bits per heavy atom. The molecule has 21 heavy (non-hydrogen) atoms. The van der Waals surface area contributed by atoms with Gasteiger partial charge in [-0.25, -0.2) is 4.79 Å². The average molecular weight is 400 g/mol. The number of hydrogen-bond acceptors (Lipinski definition) is 4. The van der Waals surface area contributed by atoms with E-state index in [9.17, 15) is 9.59 Å². The first-order valence-electron chi connectivity index (χ1n) is 6.56. The van der Waals surface area contributed by atoms with Gasteiger partial charge in [0.2, 0.25) is 0 Å². The highest BCUT2D eigenvalue weighted by molar-refractivity contribution is 14.1. The minimum Gasteiger partial charge on any atom is -0.494 e. The standard InChI is InChI=1S/C16H17IO4/c1-3-20-14(11-16(19)21-4-2)9-10-15(18)12-5-7-13(17)8-6-12/h5-11H,3-4H2,1-2H3/b10-9+,14-11+. The summed E-state index contributed by atoms with van der Waals surface area (Å²) in [6, 6.07) is 7.23. The first kappa shape index (κ1) is 17.4. The Balaban J connectivity index is 2.80. The van der Waals surface area contributed by atoms with Crippen molar-refractivity contribution in [3.63, 3.8) is 0 Å². The van der Waals surface area contributed by atoms with Gasteiger partial charge < -0.3 is 9.47 Å². The fraction of sp³-hybridized carbons (Fsp3) is 0.250. The van der Waals surface area contributed by atoms with Crippen LogP contribution in [0.3, 0.4) is 0 Å². The van der Waals surface area contributed by atoms with E-state index in [-0.39, 0.29) is 5.78 Å². The van der Waals surface area contributed by atoms with Crippen molar-refractivity contribution in [3.05, 3.63) is 57.4 Å². The maximum Gasteiger partial charge on any atom is 0.334 e. The fourth-order valence-corrected chi connectivity index (χ4v) is 1.83. The average Bonchev–Trinajstić information content (AvgIpc) is 2.45. The van der Waals surface area contributed by atoms with E-state index in [4.69, 9.17) is 9.47 Å². The topological polar surface area (TPSA) is 52.6 Å². The van der Waals surface area contributed by atoms with E-state index in [2.05, 4.69) is 22.6 Å². The molecule has 0 bridgehead atoms. The van der Waals surface area contributed by atoms with Crippen molar-refractivity contribution in [2.45, 2.75) is 13.8 Å². The molecule has 0 atom stereocenters. The Bertz CT molecular complexity index is 544.